The fraction of sp³-hybridized carbons (Fsp3) is 0.533. The minimum absolute atomic E-state index is 0.0808. The number of likely N-dealkylation sites (tertiary alicyclic amines) is 1. The van der Waals surface area contributed by atoms with Crippen LogP contribution in [0.3, 0.4) is 0 Å². The predicted octanol–water partition coefficient (Wildman–Crippen LogP) is 0.936. The highest BCUT2D eigenvalue weighted by Crippen LogP contribution is 2.18. The van der Waals surface area contributed by atoms with Crippen molar-refractivity contribution in [3.8, 4) is 0 Å². The first-order valence-corrected chi connectivity index (χ1v) is 7.05. The van der Waals surface area contributed by atoms with Gasteiger partial charge in [-0.3, -0.25) is 9.69 Å². The monoisotopic (exact) mass is 277 g/mol. The Balaban J connectivity index is 1.87. The zero-order valence-electron chi connectivity index (χ0n) is 12.0. The molecule has 20 heavy (non-hydrogen) atoms. The van der Waals surface area contributed by atoms with E-state index in [9.17, 15) is 4.79 Å². The van der Waals surface area contributed by atoms with Crippen LogP contribution in [0.2, 0.25) is 0 Å². The normalized spacial score (nSPS) is 17.1. The molecule has 110 valence electrons. The molecule has 0 atom stereocenters. The maximum absolute atomic E-state index is 12.3. The van der Waals surface area contributed by atoms with Gasteiger partial charge in [0, 0.05) is 25.0 Å². The number of amides is 1. The summed E-state index contributed by atoms with van der Waals surface area (Å²) >= 11 is 0. The van der Waals surface area contributed by atoms with Crippen molar-refractivity contribution < 1.29 is 9.90 Å². The van der Waals surface area contributed by atoms with Gasteiger partial charge >= 0.3 is 0 Å². The van der Waals surface area contributed by atoms with E-state index < -0.39 is 0 Å². The number of carbonyl (C=O) groups excluding carboxylic acids is 1. The lowest BCUT2D eigenvalue weighted by Gasteiger charge is -2.31. The van der Waals surface area contributed by atoms with Crippen LogP contribution in [0.25, 0.3) is 0 Å². The number of piperidine rings is 1. The molecule has 0 bridgehead atoms. The molecule has 5 nitrogen and oxygen atoms in total. The van der Waals surface area contributed by atoms with Crippen LogP contribution in [-0.2, 0) is 4.79 Å². The fourth-order valence-corrected chi connectivity index (χ4v) is 2.47. The van der Waals surface area contributed by atoms with Gasteiger partial charge in [-0.15, -0.1) is 0 Å². The van der Waals surface area contributed by atoms with Gasteiger partial charge in [-0.2, -0.15) is 0 Å². The summed E-state index contributed by atoms with van der Waals surface area (Å²) in [4.78, 5) is 16.1. The number of nitrogen functional groups attached to an aromatic ring is 1. The lowest BCUT2D eigenvalue weighted by atomic mass is 9.98. The fourth-order valence-electron chi connectivity index (χ4n) is 2.47. The molecule has 0 radical (unpaired) electrons. The number of likely N-dealkylation sites (N-methyl/N-ethyl adjacent to an activating group) is 1. The van der Waals surface area contributed by atoms with Crippen molar-refractivity contribution in [1.29, 1.82) is 0 Å². The number of nitrogens with two attached hydrogens (primary N) is 1. The van der Waals surface area contributed by atoms with Crippen molar-refractivity contribution in [2.75, 3.05) is 43.9 Å². The van der Waals surface area contributed by atoms with Crippen LogP contribution >= 0.6 is 0 Å². The zero-order chi connectivity index (χ0) is 14.5. The Kier molecular flexibility index (Phi) is 4.98. The van der Waals surface area contributed by atoms with Crippen molar-refractivity contribution in [2.24, 2.45) is 5.92 Å². The maximum atomic E-state index is 12.3. The summed E-state index contributed by atoms with van der Waals surface area (Å²) < 4.78 is 0. The molecular weight excluding hydrogens is 254 g/mol. The first-order valence-electron chi connectivity index (χ1n) is 7.05. The molecule has 0 aromatic heterocycles. The zero-order valence-corrected chi connectivity index (χ0v) is 12.0. The summed E-state index contributed by atoms with van der Waals surface area (Å²) in [6.45, 7) is 2.45. The molecule has 1 heterocycles. The molecule has 2 rings (SSSR count). The molecule has 1 fully saturated rings. The lowest BCUT2D eigenvalue weighted by molar-refractivity contribution is -0.119. The van der Waals surface area contributed by atoms with Gasteiger partial charge in [0.15, 0.2) is 0 Å². The summed E-state index contributed by atoms with van der Waals surface area (Å²) in [5.74, 6) is 0.480. The molecule has 1 aromatic carbocycles. The third-order valence-electron chi connectivity index (χ3n) is 3.98. The van der Waals surface area contributed by atoms with Crippen LogP contribution in [0.1, 0.15) is 12.8 Å². The Labute approximate surface area is 120 Å². The molecule has 3 N–H and O–H groups in total. The van der Waals surface area contributed by atoms with E-state index in [2.05, 4.69) is 4.90 Å². The molecule has 1 amide bonds. The second-order valence-corrected chi connectivity index (χ2v) is 5.45. The average molecular weight is 277 g/mol. The first-order chi connectivity index (χ1) is 9.60. The van der Waals surface area contributed by atoms with Gasteiger partial charge in [0.25, 0.3) is 0 Å². The van der Waals surface area contributed by atoms with Crippen LogP contribution in [0.5, 0.6) is 0 Å². The summed E-state index contributed by atoms with van der Waals surface area (Å²) in [5.41, 5.74) is 7.20. The largest absolute Gasteiger partial charge is 0.399 e. The van der Waals surface area contributed by atoms with Crippen LogP contribution in [-0.4, -0.2) is 49.2 Å². The van der Waals surface area contributed by atoms with E-state index >= 15 is 0 Å². The molecular formula is C15H23N3O2. The number of hydrogen-bond donors (Lipinski definition) is 2. The lowest BCUT2D eigenvalue weighted by Crippen LogP contribution is -2.42. The van der Waals surface area contributed by atoms with E-state index in [-0.39, 0.29) is 12.5 Å². The number of hydrogen-bond acceptors (Lipinski definition) is 4. The standard InChI is InChI=1S/C15H23N3O2/c1-17(14-4-2-13(16)3-5-14)15(20)10-18-8-6-12(11-19)7-9-18/h2-5,12,19H,6-11,16H2,1H3. The molecule has 0 unspecified atom stereocenters. The number of aliphatic hydroxyl groups is 1. The van der Waals surface area contributed by atoms with Gasteiger partial charge in [0.1, 0.15) is 0 Å². The van der Waals surface area contributed by atoms with Crippen molar-refractivity contribution in [3.63, 3.8) is 0 Å². The van der Waals surface area contributed by atoms with Crippen molar-refractivity contribution in [2.45, 2.75) is 12.8 Å². The summed E-state index contributed by atoms with van der Waals surface area (Å²) in [5, 5.41) is 9.11. The van der Waals surface area contributed by atoms with E-state index in [0.29, 0.717) is 18.2 Å². The van der Waals surface area contributed by atoms with Crippen LogP contribution in [0.4, 0.5) is 11.4 Å². The van der Waals surface area contributed by atoms with E-state index in [0.717, 1.165) is 31.6 Å². The predicted molar refractivity (Wildman–Crippen MR) is 80.5 cm³/mol. The molecule has 0 aliphatic carbocycles. The van der Waals surface area contributed by atoms with Gasteiger partial charge in [-0.05, 0) is 56.1 Å². The summed E-state index contributed by atoms with van der Waals surface area (Å²) in [7, 11) is 1.79. The highest BCUT2D eigenvalue weighted by Gasteiger charge is 2.21. The van der Waals surface area contributed by atoms with Gasteiger partial charge in [-0.25, -0.2) is 0 Å². The van der Waals surface area contributed by atoms with E-state index in [1.807, 2.05) is 12.1 Å². The van der Waals surface area contributed by atoms with E-state index in [4.69, 9.17) is 10.8 Å². The van der Waals surface area contributed by atoms with Crippen molar-refractivity contribution in [1.82, 2.24) is 4.90 Å². The van der Waals surface area contributed by atoms with Crippen LogP contribution in [0, 0.1) is 5.92 Å². The number of rotatable bonds is 4. The molecule has 0 spiro atoms. The molecule has 0 saturated carbocycles. The molecule has 1 aliphatic rings. The van der Waals surface area contributed by atoms with Crippen LogP contribution in [0.15, 0.2) is 24.3 Å². The van der Waals surface area contributed by atoms with Gasteiger partial charge in [0.05, 0.1) is 6.54 Å². The topological polar surface area (TPSA) is 69.8 Å². The molecule has 5 heteroatoms. The second kappa shape index (κ2) is 6.72. The summed E-state index contributed by atoms with van der Waals surface area (Å²) in [6.07, 6.45) is 1.94. The number of carbonyl (C=O) groups is 1. The average Bonchev–Trinajstić information content (AvgIpc) is 2.48. The SMILES string of the molecule is CN(C(=O)CN1CCC(CO)CC1)c1ccc(N)cc1. The van der Waals surface area contributed by atoms with Crippen LogP contribution < -0.4 is 10.6 Å². The Morgan fingerprint density at radius 2 is 1.95 bits per heavy atom. The van der Waals surface area contributed by atoms with E-state index in [1.54, 1.807) is 24.1 Å². The number of aliphatic hydroxyl groups excluding tert-OH is 1. The Hall–Kier alpha value is -1.59. The smallest absolute Gasteiger partial charge is 0.240 e. The minimum atomic E-state index is 0.0808. The van der Waals surface area contributed by atoms with Crippen molar-refractivity contribution >= 4 is 17.3 Å². The van der Waals surface area contributed by atoms with E-state index in [1.165, 1.54) is 0 Å². The minimum Gasteiger partial charge on any atom is -0.399 e. The number of nitrogens with zero attached hydrogens (tertiary/aromatic N) is 2. The van der Waals surface area contributed by atoms with Crippen molar-refractivity contribution in [3.05, 3.63) is 24.3 Å². The molecule has 1 aliphatic heterocycles. The maximum Gasteiger partial charge on any atom is 0.240 e. The van der Waals surface area contributed by atoms with Gasteiger partial charge in [0.2, 0.25) is 5.91 Å². The van der Waals surface area contributed by atoms with Gasteiger partial charge in [-0.1, -0.05) is 0 Å². The Bertz CT molecular complexity index is 439. The second-order valence-electron chi connectivity index (χ2n) is 5.45. The third-order valence-corrected chi connectivity index (χ3v) is 3.98. The highest BCUT2D eigenvalue weighted by atomic mass is 16.3. The first kappa shape index (κ1) is 14.8. The Morgan fingerprint density at radius 3 is 2.50 bits per heavy atom. The molecule has 1 aromatic rings. The quantitative estimate of drug-likeness (QED) is 0.804. The summed E-state index contributed by atoms with van der Waals surface area (Å²) in [6, 6.07) is 7.30. The number of anilines is 2. The third kappa shape index (κ3) is 3.71. The number of benzene rings is 1. The molecule has 1 saturated heterocycles. The Morgan fingerprint density at radius 1 is 1.35 bits per heavy atom. The highest BCUT2D eigenvalue weighted by molar-refractivity contribution is 5.94. The van der Waals surface area contributed by atoms with Gasteiger partial charge < -0.3 is 15.7 Å².